The van der Waals surface area contributed by atoms with Crippen LogP contribution in [-0.2, 0) is 10.0 Å². The average molecular weight is 360 g/mol. The molecule has 1 aromatic carbocycles. The molecule has 0 spiro atoms. The van der Waals surface area contributed by atoms with Crippen molar-refractivity contribution >= 4 is 45.6 Å². The number of hydrogen-bond acceptors (Lipinski definition) is 3. The van der Waals surface area contributed by atoms with Crippen molar-refractivity contribution in [3.63, 3.8) is 0 Å². The molecule has 1 fully saturated rings. The Kier molecular flexibility index (Phi) is 6.57. The fourth-order valence-corrected chi connectivity index (χ4v) is 4.28. The van der Waals surface area contributed by atoms with Crippen LogP contribution >= 0.6 is 35.6 Å². The maximum Gasteiger partial charge on any atom is 0.242 e. The summed E-state index contributed by atoms with van der Waals surface area (Å²) in [7, 11) is -3.64. The topological polar surface area (TPSA) is 58.2 Å². The molecular weight excluding hydrogens is 343 g/mol. The van der Waals surface area contributed by atoms with Gasteiger partial charge in [-0.05, 0) is 37.6 Å². The quantitative estimate of drug-likeness (QED) is 0.872. The SMILES string of the molecule is CC1CNCCC1NS(=O)(=O)c1cccc(Cl)c1Cl.Cl. The van der Waals surface area contributed by atoms with Crippen molar-refractivity contribution in [3.05, 3.63) is 28.2 Å². The molecule has 0 aliphatic carbocycles. The molecule has 2 unspecified atom stereocenters. The number of benzene rings is 1. The Bertz CT molecular complexity index is 566. The van der Waals surface area contributed by atoms with E-state index in [1.807, 2.05) is 6.92 Å². The molecule has 8 heteroatoms. The predicted molar refractivity (Wildman–Crippen MR) is 84.5 cm³/mol. The van der Waals surface area contributed by atoms with Crippen LogP contribution in [0.2, 0.25) is 10.0 Å². The summed E-state index contributed by atoms with van der Waals surface area (Å²) < 4.78 is 27.4. The highest BCUT2D eigenvalue weighted by Gasteiger charge is 2.28. The lowest BCUT2D eigenvalue weighted by Gasteiger charge is -2.30. The molecule has 2 rings (SSSR count). The molecule has 1 aliphatic heterocycles. The number of rotatable bonds is 3. The highest BCUT2D eigenvalue weighted by molar-refractivity contribution is 7.89. The van der Waals surface area contributed by atoms with Gasteiger partial charge < -0.3 is 5.32 Å². The van der Waals surface area contributed by atoms with E-state index in [0.29, 0.717) is 0 Å². The lowest BCUT2D eigenvalue weighted by Crippen LogP contribution is -2.48. The number of sulfonamides is 1. The maximum absolute atomic E-state index is 12.3. The molecule has 2 N–H and O–H groups in total. The number of nitrogens with one attached hydrogen (secondary N) is 2. The van der Waals surface area contributed by atoms with Crippen LogP contribution in [0.15, 0.2) is 23.1 Å². The number of hydrogen-bond donors (Lipinski definition) is 2. The fourth-order valence-electron chi connectivity index (χ4n) is 2.14. The second kappa shape index (κ2) is 7.29. The maximum atomic E-state index is 12.3. The zero-order valence-corrected chi connectivity index (χ0v) is 14.0. The molecule has 4 nitrogen and oxygen atoms in total. The summed E-state index contributed by atoms with van der Waals surface area (Å²) in [4.78, 5) is 0.0346. The van der Waals surface area contributed by atoms with E-state index >= 15 is 0 Å². The smallest absolute Gasteiger partial charge is 0.242 e. The average Bonchev–Trinajstić information content (AvgIpc) is 2.35. The van der Waals surface area contributed by atoms with Gasteiger partial charge in [0.1, 0.15) is 4.90 Å². The van der Waals surface area contributed by atoms with Crippen LogP contribution in [0.3, 0.4) is 0 Å². The second-order valence-electron chi connectivity index (χ2n) is 4.75. The summed E-state index contributed by atoms with van der Waals surface area (Å²) in [6.07, 6.45) is 0.762. The Labute approximate surface area is 135 Å². The number of piperidine rings is 1. The highest BCUT2D eigenvalue weighted by atomic mass is 35.5. The van der Waals surface area contributed by atoms with E-state index < -0.39 is 10.0 Å². The van der Waals surface area contributed by atoms with Gasteiger partial charge in [-0.1, -0.05) is 36.2 Å². The van der Waals surface area contributed by atoms with Gasteiger partial charge in [0.05, 0.1) is 10.0 Å². The van der Waals surface area contributed by atoms with E-state index in [2.05, 4.69) is 10.0 Å². The van der Waals surface area contributed by atoms with E-state index in [0.717, 1.165) is 19.5 Å². The Hall–Kier alpha value is -0.0400. The van der Waals surface area contributed by atoms with Gasteiger partial charge in [-0.15, -0.1) is 12.4 Å². The Balaban J connectivity index is 0.00000200. The van der Waals surface area contributed by atoms with Gasteiger partial charge in [0.25, 0.3) is 0 Å². The molecule has 0 saturated carbocycles. The van der Waals surface area contributed by atoms with Crippen LogP contribution in [0, 0.1) is 5.92 Å². The van der Waals surface area contributed by atoms with E-state index in [9.17, 15) is 8.42 Å². The van der Waals surface area contributed by atoms with Crippen molar-refractivity contribution in [2.45, 2.75) is 24.3 Å². The van der Waals surface area contributed by atoms with Crippen molar-refractivity contribution in [1.82, 2.24) is 10.0 Å². The predicted octanol–water partition coefficient (Wildman–Crippen LogP) is 2.69. The van der Waals surface area contributed by atoms with Gasteiger partial charge in [-0.25, -0.2) is 13.1 Å². The molecule has 0 aromatic heterocycles. The Morgan fingerprint density at radius 1 is 1.35 bits per heavy atom. The summed E-state index contributed by atoms with van der Waals surface area (Å²) in [5, 5.41) is 3.54. The molecule has 1 aromatic rings. The van der Waals surface area contributed by atoms with Crippen LogP contribution in [0.1, 0.15) is 13.3 Å². The molecule has 1 aliphatic rings. The molecule has 20 heavy (non-hydrogen) atoms. The largest absolute Gasteiger partial charge is 0.316 e. The summed E-state index contributed by atoms with van der Waals surface area (Å²) in [5.74, 6) is 0.237. The zero-order valence-electron chi connectivity index (χ0n) is 10.9. The van der Waals surface area contributed by atoms with Gasteiger partial charge in [0.15, 0.2) is 0 Å². The van der Waals surface area contributed by atoms with Crippen LogP contribution in [0.25, 0.3) is 0 Å². The summed E-state index contributed by atoms with van der Waals surface area (Å²) in [5.41, 5.74) is 0. The first-order chi connectivity index (χ1) is 8.92. The van der Waals surface area contributed by atoms with Crippen LogP contribution in [0.5, 0.6) is 0 Å². The molecule has 0 amide bonds. The van der Waals surface area contributed by atoms with Gasteiger partial charge in [0, 0.05) is 6.04 Å². The highest BCUT2D eigenvalue weighted by Crippen LogP contribution is 2.29. The van der Waals surface area contributed by atoms with Crippen LogP contribution in [0.4, 0.5) is 0 Å². The van der Waals surface area contributed by atoms with Gasteiger partial charge in [-0.2, -0.15) is 0 Å². The third-order valence-electron chi connectivity index (χ3n) is 3.30. The van der Waals surface area contributed by atoms with Crippen molar-refractivity contribution in [2.24, 2.45) is 5.92 Å². The minimum absolute atomic E-state index is 0. The summed E-state index contributed by atoms with van der Waals surface area (Å²) in [6, 6.07) is 4.52. The molecule has 1 heterocycles. The fraction of sp³-hybridized carbons (Fsp3) is 0.500. The molecule has 0 bridgehead atoms. The van der Waals surface area contributed by atoms with Crippen LogP contribution < -0.4 is 10.0 Å². The molecule has 114 valence electrons. The van der Waals surface area contributed by atoms with E-state index in [-0.39, 0.29) is 39.3 Å². The third kappa shape index (κ3) is 4.00. The normalized spacial score (nSPS) is 23.1. The zero-order chi connectivity index (χ0) is 14.0. The third-order valence-corrected chi connectivity index (χ3v) is 5.76. The van der Waals surface area contributed by atoms with Crippen molar-refractivity contribution < 1.29 is 8.42 Å². The van der Waals surface area contributed by atoms with E-state index in [1.54, 1.807) is 12.1 Å². The molecular formula is C12H17Cl3N2O2S. The minimum Gasteiger partial charge on any atom is -0.316 e. The standard InChI is InChI=1S/C12H16Cl2N2O2S.ClH/c1-8-7-15-6-5-10(8)16-19(17,18)11-4-2-3-9(13)12(11)14;/h2-4,8,10,15-16H,5-7H2,1H3;1H. The lowest BCUT2D eigenvalue weighted by atomic mass is 9.97. The van der Waals surface area contributed by atoms with Crippen molar-refractivity contribution in [3.8, 4) is 0 Å². The van der Waals surface area contributed by atoms with Crippen molar-refractivity contribution in [2.75, 3.05) is 13.1 Å². The first-order valence-corrected chi connectivity index (χ1v) is 8.33. The first-order valence-electron chi connectivity index (χ1n) is 6.09. The van der Waals surface area contributed by atoms with Gasteiger partial charge >= 0.3 is 0 Å². The van der Waals surface area contributed by atoms with Gasteiger partial charge in [0.2, 0.25) is 10.0 Å². The van der Waals surface area contributed by atoms with E-state index in [4.69, 9.17) is 23.2 Å². The Morgan fingerprint density at radius 3 is 2.70 bits per heavy atom. The van der Waals surface area contributed by atoms with Gasteiger partial charge in [-0.3, -0.25) is 0 Å². The lowest BCUT2D eigenvalue weighted by molar-refractivity contribution is 0.328. The Morgan fingerprint density at radius 2 is 2.05 bits per heavy atom. The molecule has 0 radical (unpaired) electrons. The summed E-state index contributed by atoms with van der Waals surface area (Å²) in [6.45, 7) is 3.62. The van der Waals surface area contributed by atoms with Crippen molar-refractivity contribution in [1.29, 1.82) is 0 Å². The van der Waals surface area contributed by atoms with E-state index in [1.165, 1.54) is 6.07 Å². The first kappa shape index (κ1) is 18.0. The molecule has 1 saturated heterocycles. The molecule has 2 atom stereocenters. The van der Waals surface area contributed by atoms with Crippen LogP contribution in [-0.4, -0.2) is 27.5 Å². The minimum atomic E-state index is -3.64. The summed E-state index contributed by atoms with van der Waals surface area (Å²) >= 11 is 11.8. The number of halogens is 3. The monoisotopic (exact) mass is 358 g/mol. The second-order valence-corrected chi connectivity index (χ2v) is 7.22.